The van der Waals surface area contributed by atoms with Crippen LogP contribution in [0.25, 0.3) is 0 Å². The summed E-state index contributed by atoms with van der Waals surface area (Å²) in [4.78, 5) is 12.0. The Labute approximate surface area is 124 Å². The topological polar surface area (TPSA) is 55.1 Å². The maximum atomic E-state index is 12.0. The van der Waals surface area contributed by atoms with Gasteiger partial charge in [-0.15, -0.1) is 0 Å². The van der Waals surface area contributed by atoms with Crippen LogP contribution in [0.1, 0.15) is 77.0 Å². The van der Waals surface area contributed by atoms with Gasteiger partial charge in [-0.2, -0.15) is 0 Å². The monoisotopic (exact) mass is 280 g/mol. The highest BCUT2D eigenvalue weighted by Gasteiger charge is 2.30. The van der Waals surface area contributed by atoms with Gasteiger partial charge < -0.3 is 11.1 Å². The van der Waals surface area contributed by atoms with Crippen LogP contribution in [0.4, 0.5) is 0 Å². The van der Waals surface area contributed by atoms with Crippen LogP contribution in [-0.4, -0.2) is 19.0 Å². The SMILES string of the molecule is NCC1(CNC(=O)CCC2CCCCC2)CCCCC1. The van der Waals surface area contributed by atoms with E-state index in [1.54, 1.807) is 0 Å². The maximum absolute atomic E-state index is 12.0. The fraction of sp³-hybridized carbons (Fsp3) is 0.941. The van der Waals surface area contributed by atoms with E-state index in [1.807, 2.05) is 0 Å². The molecule has 3 heteroatoms. The molecule has 3 N–H and O–H groups in total. The van der Waals surface area contributed by atoms with Crippen molar-refractivity contribution in [1.29, 1.82) is 0 Å². The molecule has 0 aromatic heterocycles. The molecule has 0 bridgehead atoms. The lowest BCUT2D eigenvalue weighted by atomic mass is 9.74. The molecular formula is C17H32N2O. The van der Waals surface area contributed by atoms with Gasteiger partial charge in [-0.25, -0.2) is 0 Å². The van der Waals surface area contributed by atoms with Crippen LogP contribution in [0, 0.1) is 11.3 Å². The normalized spacial score (nSPS) is 23.4. The lowest BCUT2D eigenvalue weighted by Crippen LogP contribution is -2.43. The molecule has 2 aliphatic rings. The summed E-state index contributed by atoms with van der Waals surface area (Å²) in [6.45, 7) is 1.52. The molecule has 0 saturated heterocycles. The van der Waals surface area contributed by atoms with Gasteiger partial charge in [-0.1, -0.05) is 51.4 Å². The van der Waals surface area contributed by atoms with Crippen LogP contribution < -0.4 is 11.1 Å². The van der Waals surface area contributed by atoms with Crippen molar-refractivity contribution >= 4 is 5.91 Å². The van der Waals surface area contributed by atoms with Gasteiger partial charge in [0.15, 0.2) is 0 Å². The minimum absolute atomic E-state index is 0.193. The predicted molar refractivity (Wildman–Crippen MR) is 83.4 cm³/mol. The molecular weight excluding hydrogens is 248 g/mol. The van der Waals surface area contributed by atoms with Crippen molar-refractivity contribution in [1.82, 2.24) is 5.32 Å². The van der Waals surface area contributed by atoms with Crippen molar-refractivity contribution in [3.8, 4) is 0 Å². The zero-order valence-corrected chi connectivity index (χ0v) is 13.0. The van der Waals surface area contributed by atoms with E-state index < -0.39 is 0 Å². The number of nitrogens with one attached hydrogen (secondary N) is 1. The van der Waals surface area contributed by atoms with Crippen LogP contribution in [0.3, 0.4) is 0 Å². The number of carbonyl (C=O) groups excluding carboxylic acids is 1. The average Bonchev–Trinajstić information content (AvgIpc) is 2.53. The smallest absolute Gasteiger partial charge is 0.220 e. The molecule has 0 unspecified atom stereocenters. The molecule has 3 nitrogen and oxygen atoms in total. The first-order valence-electron chi connectivity index (χ1n) is 8.71. The highest BCUT2D eigenvalue weighted by Crippen LogP contribution is 2.34. The summed E-state index contributed by atoms with van der Waals surface area (Å²) in [5.41, 5.74) is 6.16. The third kappa shape index (κ3) is 4.76. The molecule has 1 amide bonds. The lowest BCUT2D eigenvalue weighted by Gasteiger charge is -2.36. The van der Waals surface area contributed by atoms with E-state index >= 15 is 0 Å². The summed E-state index contributed by atoms with van der Waals surface area (Å²) in [5.74, 6) is 1.04. The van der Waals surface area contributed by atoms with Gasteiger partial charge in [0.1, 0.15) is 0 Å². The Morgan fingerprint density at radius 1 is 1.05 bits per heavy atom. The van der Waals surface area contributed by atoms with Crippen molar-refractivity contribution < 1.29 is 4.79 Å². The summed E-state index contributed by atoms with van der Waals surface area (Å²) in [7, 11) is 0. The summed E-state index contributed by atoms with van der Waals surface area (Å²) < 4.78 is 0. The van der Waals surface area contributed by atoms with Gasteiger partial charge in [0.25, 0.3) is 0 Å². The molecule has 2 rings (SSSR count). The van der Waals surface area contributed by atoms with Gasteiger partial charge in [-0.3, -0.25) is 4.79 Å². The highest BCUT2D eigenvalue weighted by molar-refractivity contribution is 5.75. The van der Waals surface area contributed by atoms with E-state index in [-0.39, 0.29) is 11.3 Å². The molecule has 0 atom stereocenters. The van der Waals surface area contributed by atoms with E-state index in [0.717, 1.165) is 25.4 Å². The summed E-state index contributed by atoms with van der Waals surface area (Å²) in [5, 5.41) is 3.16. The standard InChI is InChI=1S/C17H32N2O/c18-13-17(11-5-2-6-12-17)14-19-16(20)10-9-15-7-3-1-4-8-15/h15H,1-14,18H2,(H,19,20). The van der Waals surface area contributed by atoms with Crippen LogP contribution in [0.5, 0.6) is 0 Å². The van der Waals surface area contributed by atoms with Crippen LogP contribution >= 0.6 is 0 Å². The molecule has 2 saturated carbocycles. The van der Waals surface area contributed by atoms with Crippen molar-refractivity contribution in [3.05, 3.63) is 0 Å². The summed E-state index contributed by atoms with van der Waals surface area (Å²) >= 11 is 0. The maximum Gasteiger partial charge on any atom is 0.220 e. The molecule has 20 heavy (non-hydrogen) atoms. The van der Waals surface area contributed by atoms with Gasteiger partial charge >= 0.3 is 0 Å². The number of nitrogens with two attached hydrogens (primary N) is 1. The molecule has 0 heterocycles. The molecule has 0 aliphatic heterocycles. The second-order valence-electron chi connectivity index (χ2n) is 7.08. The van der Waals surface area contributed by atoms with Crippen molar-refractivity contribution in [2.24, 2.45) is 17.1 Å². The molecule has 0 aromatic carbocycles. The van der Waals surface area contributed by atoms with E-state index in [2.05, 4.69) is 5.32 Å². The highest BCUT2D eigenvalue weighted by atomic mass is 16.1. The Kier molecular flexibility index (Phi) is 6.34. The molecule has 0 aromatic rings. The van der Waals surface area contributed by atoms with E-state index in [4.69, 9.17) is 5.73 Å². The first-order chi connectivity index (χ1) is 9.74. The third-order valence-corrected chi connectivity index (χ3v) is 5.51. The van der Waals surface area contributed by atoms with Gasteiger partial charge in [0.2, 0.25) is 5.91 Å². The van der Waals surface area contributed by atoms with Crippen LogP contribution in [0.15, 0.2) is 0 Å². The van der Waals surface area contributed by atoms with Gasteiger partial charge in [-0.05, 0) is 37.1 Å². The third-order valence-electron chi connectivity index (χ3n) is 5.51. The van der Waals surface area contributed by atoms with Crippen molar-refractivity contribution in [2.45, 2.75) is 77.0 Å². The second kappa shape index (κ2) is 8.02. The molecule has 0 spiro atoms. The first-order valence-corrected chi connectivity index (χ1v) is 8.71. The number of hydrogen-bond donors (Lipinski definition) is 2. The predicted octanol–water partition coefficient (Wildman–Crippen LogP) is 3.37. The zero-order chi connectivity index (χ0) is 14.3. The van der Waals surface area contributed by atoms with Gasteiger partial charge in [0, 0.05) is 13.0 Å². The van der Waals surface area contributed by atoms with E-state index in [1.165, 1.54) is 64.2 Å². The Morgan fingerprint density at radius 3 is 2.35 bits per heavy atom. The average molecular weight is 280 g/mol. The Hall–Kier alpha value is -0.570. The number of hydrogen-bond acceptors (Lipinski definition) is 2. The van der Waals surface area contributed by atoms with E-state index in [0.29, 0.717) is 6.42 Å². The lowest BCUT2D eigenvalue weighted by molar-refractivity contribution is -0.122. The van der Waals surface area contributed by atoms with Crippen LogP contribution in [0.2, 0.25) is 0 Å². The summed E-state index contributed by atoms with van der Waals surface area (Å²) in [6, 6.07) is 0. The second-order valence-corrected chi connectivity index (χ2v) is 7.08. The number of amides is 1. The largest absolute Gasteiger partial charge is 0.355 e. The number of carbonyl (C=O) groups is 1. The number of rotatable bonds is 6. The fourth-order valence-electron chi connectivity index (χ4n) is 3.94. The minimum atomic E-state index is 0.193. The van der Waals surface area contributed by atoms with E-state index in [9.17, 15) is 4.79 Å². The molecule has 0 radical (unpaired) electrons. The summed E-state index contributed by atoms with van der Waals surface area (Å²) in [6.07, 6.45) is 14.8. The minimum Gasteiger partial charge on any atom is -0.355 e. The van der Waals surface area contributed by atoms with Crippen molar-refractivity contribution in [2.75, 3.05) is 13.1 Å². The van der Waals surface area contributed by atoms with Gasteiger partial charge in [0.05, 0.1) is 0 Å². The fourth-order valence-corrected chi connectivity index (χ4v) is 3.94. The van der Waals surface area contributed by atoms with Crippen molar-refractivity contribution in [3.63, 3.8) is 0 Å². The Bertz CT molecular complexity index is 291. The molecule has 2 aliphatic carbocycles. The first kappa shape index (κ1) is 15.8. The Balaban J connectivity index is 1.65. The quantitative estimate of drug-likeness (QED) is 0.783. The molecule has 2 fully saturated rings. The zero-order valence-electron chi connectivity index (χ0n) is 13.0. The van der Waals surface area contributed by atoms with Crippen LogP contribution in [-0.2, 0) is 4.79 Å². The Morgan fingerprint density at radius 2 is 1.70 bits per heavy atom. The molecule has 116 valence electrons.